The topological polar surface area (TPSA) is 46.3 Å². The van der Waals surface area contributed by atoms with Crippen molar-refractivity contribution in [3.63, 3.8) is 0 Å². The van der Waals surface area contributed by atoms with E-state index in [4.69, 9.17) is 0 Å². The molecule has 1 atom stereocenters. The monoisotopic (exact) mass is 293 g/mol. The second-order valence-corrected chi connectivity index (χ2v) is 4.00. The van der Waals surface area contributed by atoms with Gasteiger partial charge in [-0.3, -0.25) is 4.98 Å². The number of aliphatic hydroxyl groups is 1. The Kier molecular flexibility index (Phi) is 3.29. The zero-order valence-corrected chi connectivity index (χ0v) is 9.73. The summed E-state index contributed by atoms with van der Waals surface area (Å²) in [6.07, 6.45) is -3.07. The van der Waals surface area contributed by atoms with Crippen molar-refractivity contribution in [1.82, 2.24) is 4.98 Å². The van der Waals surface area contributed by atoms with Crippen molar-refractivity contribution in [3.05, 3.63) is 54.2 Å². The van der Waals surface area contributed by atoms with Gasteiger partial charge in [0.05, 0.1) is 6.26 Å². The number of hydrogen-bond acceptors (Lipinski definition) is 3. The van der Waals surface area contributed by atoms with Gasteiger partial charge in [0.25, 0.3) is 0 Å². The van der Waals surface area contributed by atoms with E-state index in [9.17, 15) is 27.1 Å². The molecule has 0 saturated carbocycles. The molecule has 8 heteroatoms. The molecule has 2 heterocycles. The second kappa shape index (κ2) is 4.55. The number of aromatic nitrogens is 1. The van der Waals surface area contributed by atoms with E-state index >= 15 is 0 Å². The van der Waals surface area contributed by atoms with Crippen LogP contribution in [0.15, 0.2) is 47.3 Å². The first kappa shape index (κ1) is 14.4. The molecule has 0 radical (unpaired) electrons. The molecular formula is C12H8F5NO2. The molecule has 2 aromatic rings. The zero-order valence-electron chi connectivity index (χ0n) is 9.73. The van der Waals surface area contributed by atoms with Crippen molar-refractivity contribution >= 4 is 0 Å². The van der Waals surface area contributed by atoms with E-state index < -0.39 is 29.0 Å². The SMILES string of the molecule is OC(c1ccncc1)(c1ccco1)C(F)(F)C(F)(F)F. The van der Waals surface area contributed by atoms with E-state index in [2.05, 4.69) is 9.40 Å². The van der Waals surface area contributed by atoms with Crippen molar-refractivity contribution in [2.24, 2.45) is 0 Å². The van der Waals surface area contributed by atoms with Gasteiger partial charge >= 0.3 is 12.1 Å². The Hall–Kier alpha value is -1.96. The van der Waals surface area contributed by atoms with Gasteiger partial charge in [-0.1, -0.05) is 0 Å². The first-order valence-electron chi connectivity index (χ1n) is 5.32. The predicted molar refractivity (Wildman–Crippen MR) is 56.9 cm³/mol. The molecule has 0 amide bonds. The van der Waals surface area contributed by atoms with Crippen LogP contribution in [-0.2, 0) is 5.60 Å². The normalized spacial score (nSPS) is 15.9. The maximum Gasteiger partial charge on any atom is 0.457 e. The Labute approximate surface area is 109 Å². The highest BCUT2D eigenvalue weighted by Crippen LogP contribution is 2.51. The quantitative estimate of drug-likeness (QED) is 0.884. The summed E-state index contributed by atoms with van der Waals surface area (Å²) in [6, 6.07) is 3.68. The summed E-state index contributed by atoms with van der Waals surface area (Å²) in [6.45, 7) is 0. The molecule has 0 spiro atoms. The number of rotatable bonds is 3. The highest BCUT2D eigenvalue weighted by atomic mass is 19.4. The van der Waals surface area contributed by atoms with E-state index in [0.717, 1.165) is 42.9 Å². The average Bonchev–Trinajstić information content (AvgIpc) is 2.91. The summed E-state index contributed by atoms with van der Waals surface area (Å²) in [5.74, 6) is -6.36. The summed E-state index contributed by atoms with van der Waals surface area (Å²) in [4.78, 5) is 3.52. The van der Waals surface area contributed by atoms with Crippen LogP contribution < -0.4 is 0 Å². The maximum atomic E-state index is 13.8. The lowest BCUT2D eigenvalue weighted by Gasteiger charge is -2.35. The van der Waals surface area contributed by atoms with E-state index in [1.54, 1.807) is 0 Å². The fraction of sp³-hybridized carbons (Fsp3) is 0.250. The Morgan fingerprint density at radius 3 is 2.05 bits per heavy atom. The molecular weight excluding hydrogens is 285 g/mol. The van der Waals surface area contributed by atoms with Crippen molar-refractivity contribution in [1.29, 1.82) is 0 Å². The second-order valence-electron chi connectivity index (χ2n) is 4.00. The lowest BCUT2D eigenvalue weighted by atomic mass is 9.85. The Balaban J connectivity index is 2.69. The van der Waals surface area contributed by atoms with Crippen LogP contribution in [0.4, 0.5) is 22.0 Å². The van der Waals surface area contributed by atoms with Crippen LogP contribution in [0, 0.1) is 0 Å². The number of alkyl halides is 5. The molecule has 2 aromatic heterocycles. The first-order valence-corrected chi connectivity index (χ1v) is 5.32. The van der Waals surface area contributed by atoms with Crippen LogP contribution >= 0.6 is 0 Å². The van der Waals surface area contributed by atoms with Crippen LogP contribution in [0.2, 0.25) is 0 Å². The third-order valence-corrected chi connectivity index (χ3v) is 2.79. The molecule has 20 heavy (non-hydrogen) atoms. The smallest absolute Gasteiger partial charge is 0.457 e. The molecule has 108 valence electrons. The van der Waals surface area contributed by atoms with Gasteiger partial charge in [0.1, 0.15) is 5.76 Å². The first-order chi connectivity index (χ1) is 9.21. The van der Waals surface area contributed by atoms with Crippen LogP contribution in [-0.4, -0.2) is 22.2 Å². The predicted octanol–water partition coefficient (Wildman–Crippen LogP) is 3.11. The highest BCUT2D eigenvalue weighted by molar-refractivity contribution is 5.33. The maximum absolute atomic E-state index is 13.8. The summed E-state index contributed by atoms with van der Waals surface area (Å²) < 4.78 is 70.0. The molecule has 0 fully saturated rings. The lowest BCUT2D eigenvalue weighted by molar-refractivity contribution is -0.339. The van der Waals surface area contributed by atoms with Gasteiger partial charge in [-0.2, -0.15) is 22.0 Å². The van der Waals surface area contributed by atoms with Gasteiger partial charge in [0.15, 0.2) is 0 Å². The summed E-state index contributed by atoms with van der Waals surface area (Å²) in [7, 11) is 0. The van der Waals surface area contributed by atoms with Crippen molar-refractivity contribution in [2.45, 2.75) is 17.7 Å². The lowest BCUT2D eigenvalue weighted by Crippen LogP contribution is -2.55. The standard InChI is InChI=1S/C12H8F5NO2/c13-11(14,12(15,16)17)10(19,9-2-1-7-20-9)8-3-5-18-6-4-8/h1-7,19H. The van der Waals surface area contributed by atoms with Gasteiger partial charge in [-0.15, -0.1) is 0 Å². The van der Waals surface area contributed by atoms with Gasteiger partial charge in [-0.05, 0) is 24.3 Å². The average molecular weight is 293 g/mol. The number of halogens is 5. The molecule has 1 N–H and O–H groups in total. The fourth-order valence-corrected chi connectivity index (χ4v) is 1.76. The minimum atomic E-state index is -5.96. The minimum absolute atomic E-state index is 0.676. The van der Waals surface area contributed by atoms with Crippen LogP contribution in [0.1, 0.15) is 11.3 Å². The van der Waals surface area contributed by atoms with E-state index in [0.29, 0.717) is 0 Å². The number of pyridine rings is 1. The van der Waals surface area contributed by atoms with Gasteiger partial charge in [0, 0.05) is 18.0 Å². The van der Waals surface area contributed by atoms with E-state index in [1.165, 1.54) is 0 Å². The largest absolute Gasteiger partial charge is 0.466 e. The Morgan fingerprint density at radius 1 is 1.00 bits per heavy atom. The summed E-state index contributed by atoms with van der Waals surface area (Å²) in [5, 5.41) is 10.1. The van der Waals surface area contributed by atoms with Crippen molar-refractivity contribution < 1.29 is 31.5 Å². The third-order valence-electron chi connectivity index (χ3n) is 2.79. The Morgan fingerprint density at radius 2 is 1.60 bits per heavy atom. The molecule has 0 aliphatic heterocycles. The van der Waals surface area contributed by atoms with E-state index in [-0.39, 0.29) is 0 Å². The number of nitrogens with zero attached hydrogens (tertiary/aromatic N) is 1. The molecule has 1 unspecified atom stereocenters. The molecule has 0 aromatic carbocycles. The Bertz CT molecular complexity index is 567. The molecule has 2 rings (SSSR count). The van der Waals surface area contributed by atoms with Crippen molar-refractivity contribution in [3.8, 4) is 0 Å². The fourth-order valence-electron chi connectivity index (χ4n) is 1.76. The number of furan rings is 1. The molecule has 0 aliphatic carbocycles. The van der Waals surface area contributed by atoms with Crippen molar-refractivity contribution in [2.75, 3.05) is 0 Å². The molecule has 3 nitrogen and oxygen atoms in total. The molecule has 0 saturated heterocycles. The molecule has 0 bridgehead atoms. The van der Waals surface area contributed by atoms with Gasteiger partial charge in [0.2, 0.25) is 5.60 Å². The van der Waals surface area contributed by atoms with Crippen LogP contribution in [0.3, 0.4) is 0 Å². The number of hydrogen-bond donors (Lipinski definition) is 1. The third kappa shape index (κ3) is 1.96. The van der Waals surface area contributed by atoms with Crippen LogP contribution in [0.5, 0.6) is 0 Å². The van der Waals surface area contributed by atoms with Gasteiger partial charge < -0.3 is 9.52 Å². The highest BCUT2D eigenvalue weighted by Gasteiger charge is 2.72. The summed E-state index contributed by atoms with van der Waals surface area (Å²) >= 11 is 0. The van der Waals surface area contributed by atoms with Gasteiger partial charge in [-0.25, -0.2) is 0 Å². The zero-order chi connectivity index (χ0) is 15.0. The summed E-state index contributed by atoms with van der Waals surface area (Å²) in [5.41, 5.74) is -4.35. The molecule has 0 aliphatic rings. The van der Waals surface area contributed by atoms with E-state index in [1.807, 2.05) is 0 Å². The minimum Gasteiger partial charge on any atom is -0.466 e. The van der Waals surface area contributed by atoms with Crippen LogP contribution in [0.25, 0.3) is 0 Å².